The molecule has 4 rings (SSSR count). The lowest BCUT2D eigenvalue weighted by Crippen LogP contribution is -2.17. The fourth-order valence-corrected chi connectivity index (χ4v) is 6.58. The number of methoxy groups -OCH3 is 1. The molecule has 1 aromatic heterocycles. The summed E-state index contributed by atoms with van der Waals surface area (Å²) in [5.41, 5.74) is 2.87. The van der Waals surface area contributed by atoms with Gasteiger partial charge in [0.05, 0.1) is 17.7 Å². The number of aromatic nitrogens is 1. The largest absolute Gasteiger partial charge is 0.508 e. The van der Waals surface area contributed by atoms with Gasteiger partial charge in [0.15, 0.2) is 5.13 Å². The number of aryl methyl sites for hydroxylation is 1. The predicted octanol–water partition coefficient (Wildman–Crippen LogP) is 6.39. The molecule has 1 heterocycles. The van der Waals surface area contributed by atoms with Gasteiger partial charge in [0.1, 0.15) is 16.4 Å². The van der Waals surface area contributed by atoms with Crippen LogP contribution in [0.25, 0.3) is 10.4 Å². The Morgan fingerprint density at radius 3 is 2.49 bits per heavy atom. The van der Waals surface area contributed by atoms with Crippen LogP contribution in [0.1, 0.15) is 38.3 Å². The highest BCUT2D eigenvalue weighted by Gasteiger charge is 2.24. The maximum Gasteiger partial charge on any atom is 0.265 e. The summed E-state index contributed by atoms with van der Waals surface area (Å²) < 4.78 is 34.3. The molecule has 0 radical (unpaired) electrons. The van der Waals surface area contributed by atoms with Crippen molar-refractivity contribution in [3.05, 3.63) is 60.4 Å². The summed E-state index contributed by atoms with van der Waals surface area (Å²) in [5, 5.41) is 13.6. The standard InChI is InChI=1S/C26H31N3O4S2/c1-16-5-7-19(8-6-16)17(2)27-26-28-18(3)25(34-26)20-9-14-23(33-4)24(15-20)35(31,32)29-21-10-12-22(30)13-11-21/h9-16,19,29-30H,2,5-8H2,1,3-4H3,(H,27,28). The fraction of sp³-hybridized carbons (Fsp3) is 0.346. The summed E-state index contributed by atoms with van der Waals surface area (Å²) >= 11 is 1.48. The van der Waals surface area contributed by atoms with E-state index in [1.165, 1.54) is 55.6 Å². The van der Waals surface area contributed by atoms with Gasteiger partial charge in [0, 0.05) is 11.4 Å². The van der Waals surface area contributed by atoms with Gasteiger partial charge in [-0.3, -0.25) is 4.72 Å². The predicted molar refractivity (Wildman–Crippen MR) is 142 cm³/mol. The Kier molecular flexibility index (Phi) is 7.37. The first-order valence-electron chi connectivity index (χ1n) is 11.6. The van der Waals surface area contributed by atoms with E-state index in [2.05, 4.69) is 28.5 Å². The molecule has 186 valence electrons. The van der Waals surface area contributed by atoms with Crippen LogP contribution in [0, 0.1) is 18.8 Å². The number of benzene rings is 2. The van der Waals surface area contributed by atoms with Crippen molar-refractivity contribution in [2.45, 2.75) is 44.4 Å². The topological polar surface area (TPSA) is 101 Å². The Hall–Kier alpha value is -3.04. The molecule has 1 aliphatic rings. The monoisotopic (exact) mass is 513 g/mol. The van der Waals surface area contributed by atoms with E-state index in [4.69, 9.17) is 4.74 Å². The molecular weight excluding hydrogens is 482 g/mol. The molecule has 3 aromatic rings. The highest BCUT2D eigenvalue weighted by molar-refractivity contribution is 7.92. The zero-order valence-electron chi connectivity index (χ0n) is 20.2. The lowest BCUT2D eigenvalue weighted by molar-refractivity contribution is 0.321. The van der Waals surface area contributed by atoms with Gasteiger partial charge in [-0.15, -0.1) is 0 Å². The summed E-state index contributed by atoms with van der Waals surface area (Å²) in [6.45, 7) is 8.47. The van der Waals surface area contributed by atoms with Gasteiger partial charge in [-0.05, 0) is 79.6 Å². The van der Waals surface area contributed by atoms with Gasteiger partial charge in [0.25, 0.3) is 10.0 Å². The van der Waals surface area contributed by atoms with Gasteiger partial charge < -0.3 is 15.2 Å². The molecule has 2 aromatic carbocycles. The number of allylic oxidation sites excluding steroid dienone is 1. The molecule has 0 bridgehead atoms. The van der Waals surface area contributed by atoms with E-state index < -0.39 is 10.0 Å². The molecule has 0 unspecified atom stereocenters. The number of phenolic OH excluding ortho intramolecular Hbond substituents is 1. The number of hydrogen-bond donors (Lipinski definition) is 3. The minimum absolute atomic E-state index is 0.0219. The summed E-state index contributed by atoms with van der Waals surface area (Å²) in [7, 11) is -2.51. The molecule has 9 heteroatoms. The Labute approximate surface area is 210 Å². The lowest BCUT2D eigenvalue weighted by atomic mass is 9.82. The smallest absolute Gasteiger partial charge is 0.265 e. The van der Waals surface area contributed by atoms with Crippen molar-refractivity contribution < 1.29 is 18.3 Å². The molecule has 0 amide bonds. The van der Waals surface area contributed by atoms with Crippen LogP contribution in [0.4, 0.5) is 10.8 Å². The molecule has 0 aliphatic heterocycles. The van der Waals surface area contributed by atoms with E-state index in [1.807, 2.05) is 13.0 Å². The molecule has 0 spiro atoms. The third-order valence-electron chi connectivity index (χ3n) is 6.41. The fourth-order valence-electron chi connectivity index (χ4n) is 4.33. The van der Waals surface area contributed by atoms with E-state index in [9.17, 15) is 13.5 Å². The maximum atomic E-state index is 13.2. The molecule has 1 fully saturated rings. The quantitative estimate of drug-likeness (QED) is 0.302. The van der Waals surface area contributed by atoms with Gasteiger partial charge in [-0.25, -0.2) is 13.4 Å². The van der Waals surface area contributed by atoms with E-state index >= 15 is 0 Å². The van der Waals surface area contributed by atoms with Crippen molar-refractivity contribution in [3.8, 4) is 21.9 Å². The number of ether oxygens (including phenoxy) is 1. The number of hydrogen-bond acceptors (Lipinski definition) is 7. The molecule has 1 saturated carbocycles. The summed E-state index contributed by atoms with van der Waals surface area (Å²) in [6, 6.07) is 10.9. The van der Waals surface area contributed by atoms with Gasteiger partial charge >= 0.3 is 0 Å². The van der Waals surface area contributed by atoms with Crippen LogP contribution in [-0.4, -0.2) is 25.6 Å². The van der Waals surface area contributed by atoms with Gasteiger partial charge in [-0.1, -0.05) is 37.7 Å². The van der Waals surface area contributed by atoms with Crippen LogP contribution in [0.3, 0.4) is 0 Å². The molecule has 3 N–H and O–H groups in total. The summed E-state index contributed by atoms with van der Waals surface area (Å²) in [5.74, 6) is 1.51. The lowest BCUT2D eigenvalue weighted by Gasteiger charge is -2.27. The number of sulfonamides is 1. The minimum Gasteiger partial charge on any atom is -0.508 e. The number of anilines is 2. The van der Waals surface area contributed by atoms with E-state index in [0.29, 0.717) is 11.6 Å². The van der Waals surface area contributed by atoms with Crippen LogP contribution >= 0.6 is 11.3 Å². The third-order valence-corrected chi connectivity index (χ3v) is 8.93. The Bertz CT molecular complexity index is 1310. The van der Waals surface area contributed by atoms with Gasteiger partial charge in [-0.2, -0.15) is 0 Å². The van der Waals surface area contributed by atoms with E-state index in [0.717, 1.165) is 45.7 Å². The minimum atomic E-state index is -3.95. The average Bonchev–Trinajstić information content (AvgIpc) is 3.20. The molecule has 1 aliphatic carbocycles. The molecule has 35 heavy (non-hydrogen) atoms. The van der Waals surface area contributed by atoms with Crippen molar-refractivity contribution in [2.75, 3.05) is 17.1 Å². The highest BCUT2D eigenvalue weighted by Crippen LogP contribution is 2.39. The summed E-state index contributed by atoms with van der Waals surface area (Å²) in [4.78, 5) is 5.57. The summed E-state index contributed by atoms with van der Waals surface area (Å²) in [6.07, 6.45) is 4.71. The van der Waals surface area contributed by atoms with Crippen LogP contribution in [-0.2, 0) is 10.0 Å². The number of rotatable bonds is 8. The van der Waals surface area contributed by atoms with Crippen LogP contribution < -0.4 is 14.8 Å². The first-order valence-corrected chi connectivity index (χ1v) is 13.9. The van der Waals surface area contributed by atoms with Crippen LogP contribution in [0.15, 0.2) is 59.6 Å². The first kappa shape index (κ1) is 25.1. The Morgan fingerprint density at radius 1 is 1.14 bits per heavy atom. The van der Waals surface area contributed by atoms with Crippen LogP contribution in [0.5, 0.6) is 11.5 Å². The number of nitrogens with zero attached hydrogens (tertiary/aromatic N) is 1. The van der Waals surface area contributed by atoms with Crippen molar-refractivity contribution in [2.24, 2.45) is 11.8 Å². The Morgan fingerprint density at radius 2 is 1.83 bits per heavy atom. The van der Waals surface area contributed by atoms with E-state index in [-0.39, 0.29) is 16.4 Å². The zero-order valence-corrected chi connectivity index (χ0v) is 21.8. The number of thiazole rings is 1. The van der Waals surface area contributed by atoms with Crippen LogP contribution in [0.2, 0.25) is 0 Å². The van der Waals surface area contributed by atoms with Crippen molar-refractivity contribution in [3.63, 3.8) is 0 Å². The average molecular weight is 514 g/mol. The van der Waals surface area contributed by atoms with E-state index in [1.54, 1.807) is 12.1 Å². The van der Waals surface area contributed by atoms with Crippen molar-refractivity contribution >= 4 is 32.2 Å². The first-order chi connectivity index (χ1) is 16.7. The second kappa shape index (κ2) is 10.3. The molecular formula is C26H31N3O4S2. The van der Waals surface area contributed by atoms with Gasteiger partial charge in [0.2, 0.25) is 0 Å². The second-order valence-corrected chi connectivity index (χ2v) is 11.7. The maximum absolute atomic E-state index is 13.2. The van der Waals surface area contributed by atoms with Crippen molar-refractivity contribution in [1.29, 1.82) is 0 Å². The SMILES string of the molecule is C=C(Nc1nc(C)c(-c2ccc(OC)c(S(=O)(=O)Nc3ccc(O)cc3)c2)s1)C1CCC(C)CC1. The highest BCUT2D eigenvalue weighted by atomic mass is 32.2. The molecule has 0 atom stereocenters. The second-order valence-electron chi connectivity index (χ2n) is 9.06. The number of aromatic hydroxyl groups is 1. The molecule has 0 saturated heterocycles. The Balaban J connectivity index is 1.59. The number of nitrogens with one attached hydrogen (secondary N) is 2. The number of phenols is 1. The van der Waals surface area contributed by atoms with Crippen molar-refractivity contribution in [1.82, 2.24) is 4.98 Å². The zero-order chi connectivity index (χ0) is 25.2. The molecule has 7 nitrogen and oxygen atoms in total. The normalized spacial score (nSPS) is 18.1. The third kappa shape index (κ3) is 5.79.